The van der Waals surface area contributed by atoms with Crippen molar-refractivity contribution in [1.29, 1.82) is 0 Å². The van der Waals surface area contributed by atoms with Crippen molar-refractivity contribution < 1.29 is 13.6 Å². The molecular weight excluding hydrogens is 330 g/mol. The summed E-state index contributed by atoms with van der Waals surface area (Å²) in [5.41, 5.74) is 0.141. The van der Waals surface area contributed by atoms with E-state index in [1.54, 1.807) is 0 Å². The Labute approximate surface area is 156 Å². The lowest BCUT2D eigenvalue weighted by Crippen LogP contribution is -2.80. The minimum absolute atomic E-state index is 0.0706. The van der Waals surface area contributed by atoms with E-state index >= 15 is 0 Å². The number of likely N-dealkylation sites (tertiary alicyclic amines) is 1. The third kappa shape index (κ3) is 3.47. The molecular formula is C20H41NO3Si. The fraction of sp³-hybridized carbons (Fsp3) is 1.00. The first-order valence-corrected chi connectivity index (χ1v) is 12.1. The number of rotatable bonds is 6. The number of piperidine rings is 1. The van der Waals surface area contributed by atoms with E-state index in [4.69, 9.17) is 13.6 Å². The molecule has 0 saturated carbocycles. The molecule has 2 unspecified atom stereocenters. The first-order chi connectivity index (χ1) is 11.6. The van der Waals surface area contributed by atoms with Gasteiger partial charge in [0.25, 0.3) is 0 Å². The third-order valence-corrected chi connectivity index (χ3v) is 11.0. The van der Waals surface area contributed by atoms with E-state index < -0.39 is 13.9 Å². The molecule has 0 aromatic rings. The maximum Gasteiger partial charge on any atom is 0.386 e. The molecule has 0 amide bonds. The number of methoxy groups -OCH3 is 1. The monoisotopic (exact) mass is 371 g/mol. The van der Waals surface area contributed by atoms with E-state index in [2.05, 4.69) is 39.5 Å². The molecule has 4 nitrogen and oxygen atoms in total. The van der Waals surface area contributed by atoms with Crippen LogP contribution >= 0.6 is 0 Å². The number of hydrogen-bond donors (Lipinski definition) is 0. The Bertz CT molecular complexity index is 434. The molecule has 0 spiro atoms. The number of hydrogen-bond acceptors (Lipinski definition) is 4. The Kier molecular flexibility index (Phi) is 6.48. The van der Waals surface area contributed by atoms with Crippen LogP contribution in [0.15, 0.2) is 0 Å². The third-order valence-electron chi connectivity index (χ3n) is 6.89. The maximum absolute atomic E-state index is 6.50. The molecule has 2 aliphatic rings. The standard InChI is InChI=1S/C20H41NO3Si/c1-9-11-17-12-15-25(23-7,24-8)20(16-17,22-6)21-18(2,3)13-10-14-19(21,4)5/h17H,9-16H2,1-8H3. The largest absolute Gasteiger partial charge is 0.395 e. The average Bonchev–Trinajstić information content (AvgIpc) is 2.54. The molecule has 0 bridgehead atoms. The second kappa shape index (κ2) is 7.59. The van der Waals surface area contributed by atoms with Crippen molar-refractivity contribution in [3.05, 3.63) is 0 Å². The van der Waals surface area contributed by atoms with Gasteiger partial charge in [0.2, 0.25) is 0 Å². The fourth-order valence-electron chi connectivity index (χ4n) is 6.07. The van der Waals surface area contributed by atoms with Crippen LogP contribution in [0.5, 0.6) is 0 Å². The van der Waals surface area contributed by atoms with E-state index in [0.717, 1.165) is 12.5 Å². The van der Waals surface area contributed by atoms with Crippen LogP contribution < -0.4 is 0 Å². The quantitative estimate of drug-likeness (QED) is 0.624. The maximum atomic E-state index is 6.50. The minimum atomic E-state index is -2.54. The second-order valence-electron chi connectivity index (χ2n) is 9.36. The molecule has 2 aliphatic heterocycles. The van der Waals surface area contributed by atoms with Gasteiger partial charge < -0.3 is 13.6 Å². The fourth-order valence-corrected chi connectivity index (χ4v) is 10.3. The molecule has 0 aromatic carbocycles. The highest BCUT2D eigenvalue weighted by molar-refractivity contribution is 6.70. The summed E-state index contributed by atoms with van der Waals surface area (Å²) in [7, 11) is 3.02. The summed E-state index contributed by atoms with van der Waals surface area (Å²) in [6.07, 6.45) is 8.36. The summed E-state index contributed by atoms with van der Waals surface area (Å²) in [6.45, 7) is 11.8. The molecule has 5 heteroatoms. The van der Waals surface area contributed by atoms with Crippen molar-refractivity contribution in [2.75, 3.05) is 21.3 Å². The SMILES string of the molecule is CCCC1CC[Si](OC)(OC)C(OC)(N2C(C)(C)CCCC2(C)C)C1. The molecule has 0 radical (unpaired) electrons. The predicted molar refractivity (Wildman–Crippen MR) is 106 cm³/mol. The van der Waals surface area contributed by atoms with Gasteiger partial charge in [-0.2, -0.15) is 0 Å². The van der Waals surface area contributed by atoms with Crippen molar-refractivity contribution in [2.45, 2.75) is 102 Å². The van der Waals surface area contributed by atoms with Gasteiger partial charge in [0, 0.05) is 32.4 Å². The van der Waals surface area contributed by atoms with Gasteiger partial charge in [0.15, 0.2) is 5.35 Å². The smallest absolute Gasteiger partial charge is 0.386 e. The zero-order valence-corrected chi connectivity index (χ0v) is 18.9. The van der Waals surface area contributed by atoms with Gasteiger partial charge in [-0.1, -0.05) is 19.8 Å². The Morgan fingerprint density at radius 2 is 1.56 bits per heavy atom. The van der Waals surface area contributed by atoms with Gasteiger partial charge in [-0.05, 0) is 71.8 Å². The van der Waals surface area contributed by atoms with Gasteiger partial charge in [0.1, 0.15) is 0 Å². The van der Waals surface area contributed by atoms with Crippen LogP contribution in [0.3, 0.4) is 0 Å². The number of nitrogens with zero attached hydrogens (tertiary/aromatic N) is 1. The molecule has 2 heterocycles. The molecule has 0 N–H and O–H groups in total. The molecule has 2 fully saturated rings. The van der Waals surface area contributed by atoms with E-state index in [1.807, 2.05) is 21.3 Å². The summed E-state index contributed by atoms with van der Waals surface area (Å²) in [6, 6.07) is 1.02. The summed E-state index contributed by atoms with van der Waals surface area (Å²) < 4.78 is 19.0. The normalized spacial score (nSPS) is 34.8. The van der Waals surface area contributed by atoms with Crippen LogP contribution in [0.2, 0.25) is 6.04 Å². The van der Waals surface area contributed by atoms with Crippen molar-refractivity contribution in [2.24, 2.45) is 5.92 Å². The van der Waals surface area contributed by atoms with Gasteiger partial charge in [0.05, 0.1) is 0 Å². The molecule has 148 valence electrons. The second-order valence-corrected chi connectivity index (χ2v) is 13.0. The summed E-state index contributed by atoms with van der Waals surface area (Å²) in [4.78, 5) is 2.68. The molecule has 2 rings (SSSR count). The zero-order chi connectivity index (χ0) is 18.9. The van der Waals surface area contributed by atoms with Gasteiger partial charge >= 0.3 is 8.56 Å². The summed E-state index contributed by atoms with van der Waals surface area (Å²) in [5, 5.41) is -0.429. The highest BCUT2D eigenvalue weighted by Gasteiger charge is 2.68. The van der Waals surface area contributed by atoms with Crippen LogP contribution in [0.25, 0.3) is 0 Å². The summed E-state index contributed by atoms with van der Waals surface area (Å²) >= 11 is 0. The molecule has 2 atom stereocenters. The lowest BCUT2D eigenvalue weighted by atomic mass is 9.78. The van der Waals surface area contributed by atoms with Crippen LogP contribution in [0.1, 0.15) is 79.6 Å². The Balaban J connectivity index is 2.60. The first-order valence-electron chi connectivity index (χ1n) is 10.1. The Hall–Kier alpha value is 0.0569. The van der Waals surface area contributed by atoms with Gasteiger partial charge in [-0.15, -0.1) is 0 Å². The van der Waals surface area contributed by atoms with E-state index in [-0.39, 0.29) is 11.1 Å². The highest BCUT2D eigenvalue weighted by atomic mass is 28.4. The van der Waals surface area contributed by atoms with E-state index in [0.29, 0.717) is 5.92 Å². The lowest BCUT2D eigenvalue weighted by molar-refractivity contribution is -0.213. The van der Waals surface area contributed by atoms with E-state index in [1.165, 1.54) is 38.5 Å². The molecule has 0 aromatic heterocycles. The predicted octanol–water partition coefficient (Wildman–Crippen LogP) is 4.86. The number of ether oxygens (including phenoxy) is 1. The molecule has 0 aliphatic carbocycles. The minimum Gasteiger partial charge on any atom is -0.395 e. The van der Waals surface area contributed by atoms with Gasteiger partial charge in [-0.3, -0.25) is 4.90 Å². The van der Waals surface area contributed by atoms with Crippen LogP contribution in [-0.4, -0.2) is 51.2 Å². The van der Waals surface area contributed by atoms with Crippen LogP contribution in [-0.2, 0) is 13.6 Å². The van der Waals surface area contributed by atoms with Gasteiger partial charge in [-0.25, -0.2) is 0 Å². The van der Waals surface area contributed by atoms with Crippen molar-refractivity contribution >= 4 is 8.56 Å². The van der Waals surface area contributed by atoms with Crippen molar-refractivity contribution in [1.82, 2.24) is 4.90 Å². The molecule has 25 heavy (non-hydrogen) atoms. The lowest BCUT2D eigenvalue weighted by Gasteiger charge is -2.65. The van der Waals surface area contributed by atoms with E-state index in [9.17, 15) is 0 Å². The zero-order valence-electron chi connectivity index (χ0n) is 17.9. The van der Waals surface area contributed by atoms with Crippen molar-refractivity contribution in [3.8, 4) is 0 Å². The van der Waals surface area contributed by atoms with Crippen LogP contribution in [0.4, 0.5) is 0 Å². The topological polar surface area (TPSA) is 30.9 Å². The summed E-state index contributed by atoms with van der Waals surface area (Å²) in [5.74, 6) is 0.685. The Morgan fingerprint density at radius 1 is 1.00 bits per heavy atom. The molecule has 2 saturated heterocycles. The highest BCUT2D eigenvalue weighted by Crippen LogP contribution is 2.53. The Morgan fingerprint density at radius 3 is 2.00 bits per heavy atom. The average molecular weight is 372 g/mol. The van der Waals surface area contributed by atoms with Crippen molar-refractivity contribution in [3.63, 3.8) is 0 Å². The first kappa shape index (κ1) is 21.4. The van der Waals surface area contributed by atoms with Crippen LogP contribution in [0, 0.1) is 5.92 Å².